The van der Waals surface area contributed by atoms with E-state index in [0.717, 1.165) is 12.0 Å². The van der Waals surface area contributed by atoms with Gasteiger partial charge < -0.3 is 5.73 Å². The summed E-state index contributed by atoms with van der Waals surface area (Å²) in [7, 11) is 0. The van der Waals surface area contributed by atoms with E-state index in [9.17, 15) is 4.79 Å². The largest absolute Gasteiger partial charge is 0.366 e. The Kier molecular flexibility index (Phi) is 18.1. The summed E-state index contributed by atoms with van der Waals surface area (Å²) >= 11 is 0. The van der Waals surface area contributed by atoms with Gasteiger partial charge in [-0.1, -0.05) is 109 Å². The Morgan fingerprint density at radius 2 is 1.07 bits per heavy atom. The van der Waals surface area contributed by atoms with Gasteiger partial charge in [-0.25, -0.2) is 0 Å². The average Bonchev–Trinajstić information content (AvgIpc) is 2.70. The van der Waals surface area contributed by atoms with Crippen molar-refractivity contribution in [3.63, 3.8) is 0 Å². The van der Waals surface area contributed by atoms with Crippen LogP contribution in [0.2, 0.25) is 0 Å². The van der Waals surface area contributed by atoms with Gasteiger partial charge in [-0.05, 0) is 49.4 Å². The fraction of sp³-hybridized carbons (Fsp3) is 0.741. The van der Waals surface area contributed by atoms with E-state index in [1.54, 1.807) is 0 Å². The van der Waals surface area contributed by atoms with E-state index in [1.807, 2.05) is 13.0 Å². The highest BCUT2D eigenvalue weighted by Gasteiger charge is 2.09. The first-order valence-electron chi connectivity index (χ1n) is 12.5. The normalized spacial score (nSPS) is 10.8. The number of rotatable bonds is 18. The molecule has 0 aliphatic carbocycles. The van der Waals surface area contributed by atoms with Gasteiger partial charge in [-0.15, -0.1) is 12.4 Å². The molecule has 3 heteroatoms. The summed E-state index contributed by atoms with van der Waals surface area (Å²) in [6.45, 7) is 6.41. The average molecular weight is 438 g/mol. The molecule has 2 N–H and O–H groups in total. The van der Waals surface area contributed by atoms with Crippen molar-refractivity contribution in [1.82, 2.24) is 0 Å². The SMILES string of the molecule is CCCCCCCCCCCCCCCCCCc1ccc(C(N)=O)c(C)c1C.Cl. The molecule has 30 heavy (non-hydrogen) atoms. The molecule has 0 unspecified atom stereocenters. The number of unbranched alkanes of at least 4 members (excludes halogenated alkanes) is 15. The Morgan fingerprint density at radius 3 is 1.47 bits per heavy atom. The van der Waals surface area contributed by atoms with Gasteiger partial charge in [0.2, 0.25) is 5.91 Å². The second-order valence-corrected chi connectivity index (χ2v) is 8.94. The van der Waals surface area contributed by atoms with Gasteiger partial charge in [-0.2, -0.15) is 0 Å². The van der Waals surface area contributed by atoms with Crippen LogP contribution >= 0.6 is 12.4 Å². The van der Waals surface area contributed by atoms with Crippen LogP contribution < -0.4 is 5.73 Å². The Morgan fingerprint density at radius 1 is 0.667 bits per heavy atom. The lowest BCUT2D eigenvalue weighted by Gasteiger charge is -2.11. The second-order valence-electron chi connectivity index (χ2n) is 8.94. The first-order chi connectivity index (χ1) is 14.1. The molecule has 0 saturated heterocycles. The minimum atomic E-state index is -0.320. The van der Waals surface area contributed by atoms with Crippen molar-refractivity contribution in [1.29, 1.82) is 0 Å². The Labute approximate surface area is 193 Å². The van der Waals surface area contributed by atoms with Gasteiger partial charge in [0.1, 0.15) is 0 Å². The van der Waals surface area contributed by atoms with E-state index in [-0.39, 0.29) is 18.3 Å². The van der Waals surface area contributed by atoms with Gasteiger partial charge in [0.15, 0.2) is 0 Å². The van der Waals surface area contributed by atoms with Crippen LogP contribution in [0.3, 0.4) is 0 Å². The molecule has 0 aromatic heterocycles. The highest BCUT2D eigenvalue weighted by atomic mass is 35.5. The van der Waals surface area contributed by atoms with E-state index in [1.165, 1.54) is 114 Å². The number of benzene rings is 1. The topological polar surface area (TPSA) is 43.1 Å². The summed E-state index contributed by atoms with van der Waals surface area (Å²) < 4.78 is 0. The van der Waals surface area contributed by atoms with E-state index < -0.39 is 0 Å². The first kappa shape index (κ1) is 29.0. The zero-order valence-corrected chi connectivity index (χ0v) is 20.9. The number of carbonyl (C=O) groups is 1. The van der Waals surface area contributed by atoms with Crippen LogP contribution in [0.15, 0.2) is 12.1 Å². The minimum absolute atomic E-state index is 0. The predicted octanol–water partition coefficient (Wildman–Crippen LogP) is 8.63. The molecule has 0 heterocycles. The second kappa shape index (κ2) is 18.7. The molecular weight excluding hydrogens is 390 g/mol. The molecule has 1 amide bonds. The standard InChI is InChI=1S/C27H47NO.ClH/c1-4-5-6-7-8-9-10-11-12-13-14-15-16-17-18-19-20-25-21-22-26(27(28)29)24(3)23(25)2;/h21-22H,4-20H2,1-3H3,(H2,28,29);1H. The van der Waals surface area contributed by atoms with Crippen LogP contribution in [-0.4, -0.2) is 5.91 Å². The summed E-state index contributed by atoms with van der Waals surface area (Å²) in [5.74, 6) is -0.320. The Bertz CT molecular complexity index is 570. The molecule has 0 aliphatic heterocycles. The van der Waals surface area contributed by atoms with E-state index in [0.29, 0.717) is 5.56 Å². The quantitative estimate of drug-likeness (QED) is 0.229. The molecule has 0 radical (unpaired) electrons. The molecule has 0 aliphatic rings. The third-order valence-electron chi connectivity index (χ3n) is 6.46. The van der Waals surface area contributed by atoms with Crippen LogP contribution in [-0.2, 0) is 6.42 Å². The molecule has 2 nitrogen and oxygen atoms in total. The number of primary amides is 1. The van der Waals surface area contributed by atoms with Crippen molar-refractivity contribution in [2.24, 2.45) is 5.73 Å². The number of aryl methyl sites for hydroxylation is 1. The minimum Gasteiger partial charge on any atom is -0.366 e. The van der Waals surface area contributed by atoms with Crippen molar-refractivity contribution < 1.29 is 4.79 Å². The maximum absolute atomic E-state index is 11.4. The van der Waals surface area contributed by atoms with Crippen LogP contribution in [0.25, 0.3) is 0 Å². The molecule has 0 bridgehead atoms. The highest BCUT2D eigenvalue weighted by Crippen LogP contribution is 2.20. The van der Waals surface area contributed by atoms with Crippen molar-refractivity contribution in [2.45, 2.75) is 130 Å². The smallest absolute Gasteiger partial charge is 0.248 e. The summed E-state index contributed by atoms with van der Waals surface area (Å²) in [6.07, 6.45) is 23.6. The van der Waals surface area contributed by atoms with Crippen molar-refractivity contribution >= 4 is 18.3 Å². The lowest BCUT2D eigenvalue weighted by Crippen LogP contribution is -2.13. The first-order valence-corrected chi connectivity index (χ1v) is 12.5. The van der Waals surface area contributed by atoms with E-state index in [2.05, 4.69) is 19.9 Å². The summed E-state index contributed by atoms with van der Waals surface area (Å²) in [6, 6.07) is 3.99. The molecule has 1 aromatic rings. The van der Waals surface area contributed by atoms with E-state index >= 15 is 0 Å². The zero-order chi connectivity index (χ0) is 21.3. The van der Waals surface area contributed by atoms with Crippen LogP contribution in [0, 0.1) is 13.8 Å². The molecule has 0 atom stereocenters. The number of carbonyl (C=O) groups excluding carboxylic acids is 1. The maximum atomic E-state index is 11.4. The molecular formula is C27H48ClNO. The van der Waals surface area contributed by atoms with Crippen LogP contribution in [0.4, 0.5) is 0 Å². The predicted molar refractivity (Wildman–Crippen MR) is 135 cm³/mol. The van der Waals surface area contributed by atoms with Gasteiger partial charge in [-0.3, -0.25) is 4.79 Å². The van der Waals surface area contributed by atoms with Gasteiger partial charge in [0, 0.05) is 5.56 Å². The third-order valence-corrected chi connectivity index (χ3v) is 6.46. The fourth-order valence-corrected chi connectivity index (χ4v) is 4.28. The molecule has 1 rings (SSSR count). The molecule has 1 aromatic carbocycles. The van der Waals surface area contributed by atoms with Crippen LogP contribution in [0.5, 0.6) is 0 Å². The third kappa shape index (κ3) is 12.6. The van der Waals surface area contributed by atoms with Crippen molar-refractivity contribution in [2.75, 3.05) is 0 Å². The number of nitrogens with two attached hydrogens (primary N) is 1. The van der Waals surface area contributed by atoms with Crippen LogP contribution in [0.1, 0.15) is 137 Å². The molecule has 0 spiro atoms. The summed E-state index contributed by atoms with van der Waals surface area (Å²) in [4.78, 5) is 11.4. The lowest BCUT2D eigenvalue weighted by molar-refractivity contribution is 0.0999. The van der Waals surface area contributed by atoms with Gasteiger partial charge in [0.25, 0.3) is 0 Å². The van der Waals surface area contributed by atoms with E-state index in [4.69, 9.17) is 5.73 Å². The lowest BCUT2D eigenvalue weighted by atomic mass is 9.94. The fourth-order valence-electron chi connectivity index (χ4n) is 4.28. The van der Waals surface area contributed by atoms with Crippen molar-refractivity contribution in [3.05, 3.63) is 34.4 Å². The monoisotopic (exact) mass is 437 g/mol. The zero-order valence-electron chi connectivity index (χ0n) is 20.1. The van der Waals surface area contributed by atoms with Gasteiger partial charge in [0.05, 0.1) is 0 Å². The van der Waals surface area contributed by atoms with Crippen molar-refractivity contribution in [3.8, 4) is 0 Å². The van der Waals surface area contributed by atoms with Gasteiger partial charge >= 0.3 is 0 Å². The Balaban J connectivity index is 0.00000841. The number of hydrogen-bond donors (Lipinski definition) is 1. The summed E-state index contributed by atoms with van der Waals surface area (Å²) in [5, 5.41) is 0. The molecule has 0 fully saturated rings. The molecule has 174 valence electrons. The number of halogens is 1. The molecule has 0 saturated carbocycles. The summed E-state index contributed by atoms with van der Waals surface area (Å²) in [5.41, 5.74) is 9.76. The maximum Gasteiger partial charge on any atom is 0.248 e. The number of hydrogen-bond acceptors (Lipinski definition) is 1. The number of amides is 1. The Hall–Kier alpha value is -1.02. The highest BCUT2D eigenvalue weighted by molar-refractivity contribution is 5.94.